The molecule has 3 atom stereocenters. The fraction of sp³-hybridized carbons (Fsp3) is 1.00. The summed E-state index contributed by atoms with van der Waals surface area (Å²) in [6.07, 6.45) is 6.09. The van der Waals surface area contributed by atoms with E-state index in [1.165, 1.54) is 25.7 Å². The second-order valence-corrected chi connectivity index (χ2v) is 5.79. The first-order valence-corrected chi connectivity index (χ1v) is 5.70. The van der Waals surface area contributed by atoms with Crippen LogP contribution in [0.15, 0.2) is 0 Å². The fourth-order valence-electron chi connectivity index (χ4n) is 3.10. The van der Waals surface area contributed by atoms with E-state index < -0.39 is 0 Å². The van der Waals surface area contributed by atoms with Gasteiger partial charge in [0.15, 0.2) is 0 Å². The highest BCUT2D eigenvalue weighted by Crippen LogP contribution is 2.46. The van der Waals surface area contributed by atoms with Crippen molar-refractivity contribution in [2.45, 2.75) is 52.6 Å². The van der Waals surface area contributed by atoms with Crippen molar-refractivity contribution in [3.05, 3.63) is 0 Å². The van der Waals surface area contributed by atoms with Crippen LogP contribution in [0.5, 0.6) is 0 Å². The average Bonchev–Trinajstić information content (AvgIpc) is 2.45. The highest BCUT2D eigenvalue weighted by molar-refractivity contribution is 4.93. The van der Waals surface area contributed by atoms with Crippen LogP contribution in [0.1, 0.15) is 46.5 Å². The average molecular weight is 182 g/mol. The third-order valence-electron chi connectivity index (χ3n) is 3.85. The van der Waals surface area contributed by atoms with Crippen LogP contribution >= 0.6 is 0 Å². The zero-order valence-electron chi connectivity index (χ0n) is 9.18. The van der Waals surface area contributed by atoms with E-state index in [4.69, 9.17) is 4.74 Å². The molecule has 0 spiro atoms. The summed E-state index contributed by atoms with van der Waals surface area (Å²) in [7, 11) is 0. The normalized spacial score (nSPS) is 40.4. The molecule has 0 aromatic heterocycles. The molecule has 0 N–H and O–H groups in total. The fourth-order valence-corrected chi connectivity index (χ4v) is 3.10. The molecule has 13 heavy (non-hydrogen) atoms. The maximum Gasteiger partial charge on any atom is 0.0636 e. The van der Waals surface area contributed by atoms with Crippen LogP contribution in [0.3, 0.4) is 0 Å². The van der Waals surface area contributed by atoms with Gasteiger partial charge in [0, 0.05) is 6.61 Å². The molecule has 0 bridgehead atoms. The minimum atomic E-state index is 0.441. The Balaban J connectivity index is 2.07. The van der Waals surface area contributed by atoms with Crippen LogP contribution in [0.4, 0.5) is 0 Å². The van der Waals surface area contributed by atoms with Crippen LogP contribution in [0.25, 0.3) is 0 Å². The molecule has 1 aliphatic heterocycles. The first kappa shape index (κ1) is 9.51. The number of ether oxygens (including phenoxy) is 1. The van der Waals surface area contributed by atoms with Gasteiger partial charge in [0.05, 0.1) is 6.10 Å². The highest BCUT2D eigenvalue weighted by atomic mass is 16.5. The van der Waals surface area contributed by atoms with Crippen molar-refractivity contribution in [1.82, 2.24) is 0 Å². The van der Waals surface area contributed by atoms with Crippen molar-refractivity contribution in [1.29, 1.82) is 0 Å². The number of fused-ring (bicyclic) bond motifs is 1. The highest BCUT2D eigenvalue weighted by Gasteiger charge is 2.43. The molecule has 1 heterocycles. The van der Waals surface area contributed by atoms with Gasteiger partial charge in [-0.15, -0.1) is 0 Å². The second-order valence-electron chi connectivity index (χ2n) is 5.79. The van der Waals surface area contributed by atoms with Gasteiger partial charge in [-0.25, -0.2) is 0 Å². The Labute approximate surface area is 81.9 Å². The molecule has 0 amide bonds. The Kier molecular flexibility index (Phi) is 2.39. The molecule has 2 fully saturated rings. The zero-order valence-corrected chi connectivity index (χ0v) is 9.18. The molecule has 0 aromatic rings. The smallest absolute Gasteiger partial charge is 0.0636 e. The van der Waals surface area contributed by atoms with Crippen molar-refractivity contribution in [2.24, 2.45) is 17.3 Å². The lowest BCUT2D eigenvalue weighted by Gasteiger charge is -2.36. The van der Waals surface area contributed by atoms with Crippen molar-refractivity contribution >= 4 is 0 Å². The van der Waals surface area contributed by atoms with E-state index in [1.807, 2.05) is 0 Å². The summed E-state index contributed by atoms with van der Waals surface area (Å²) < 4.78 is 5.94. The largest absolute Gasteiger partial charge is 0.378 e. The van der Waals surface area contributed by atoms with Crippen LogP contribution in [-0.4, -0.2) is 12.7 Å². The van der Waals surface area contributed by atoms with E-state index in [2.05, 4.69) is 20.8 Å². The minimum absolute atomic E-state index is 0.441. The van der Waals surface area contributed by atoms with E-state index in [1.54, 1.807) is 0 Å². The van der Waals surface area contributed by atoms with E-state index in [0.717, 1.165) is 18.4 Å². The zero-order chi connectivity index (χ0) is 9.47. The van der Waals surface area contributed by atoms with Gasteiger partial charge in [0.25, 0.3) is 0 Å². The summed E-state index contributed by atoms with van der Waals surface area (Å²) in [5.74, 6) is 1.69. The molecule has 1 aliphatic carbocycles. The third kappa shape index (κ3) is 1.76. The van der Waals surface area contributed by atoms with Crippen molar-refractivity contribution in [3.8, 4) is 0 Å². The Bertz CT molecular complexity index is 180. The summed E-state index contributed by atoms with van der Waals surface area (Å²) in [5, 5.41) is 0. The van der Waals surface area contributed by atoms with Crippen LogP contribution < -0.4 is 0 Å². The Morgan fingerprint density at radius 3 is 2.54 bits per heavy atom. The molecule has 1 nitrogen and oxygen atoms in total. The molecule has 2 aliphatic rings. The van der Waals surface area contributed by atoms with Gasteiger partial charge in [0.1, 0.15) is 0 Å². The van der Waals surface area contributed by atoms with Crippen molar-refractivity contribution in [2.75, 3.05) is 6.61 Å². The van der Waals surface area contributed by atoms with E-state index in [0.29, 0.717) is 11.5 Å². The molecule has 3 unspecified atom stereocenters. The summed E-state index contributed by atoms with van der Waals surface area (Å²) in [6.45, 7) is 8.09. The molecular weight excluding hydrogens is 160 g/mol. The number of rotatable bonds is 0. The Hall–Kier alpha value is -0.0400. The second kappa shape index (κ2) is 3.27. The lowest BCUT2D eigenvalue weighted by atomic mass is 9.77. The standard InChI is InChI=1S/C12H22O/c1-12(2,3)10-7-6-9-5-4-8-13-11(9)10/h9-11H,4-8H2,1-3H3. The van der Waals surface area contributed by atoms with Crippen molar-refractivity contribution < 1.29 is 4.74 Å². The van der Waals surface area contributed by atoms with Gasteiger partial charge >= 0.3 is 0 Å². The van der Waals surface area contributed by atoms with E-state index >= 15 is 0 Å². The molecule has 0 aromatic carbocycles. The maximum atomic E-state index is 5.94. The first-order valence-electron chi connectivity index (χ1n) is 5.70. The predicted molar refractivity (Wildman–Crippen MR) is 54.6 cm³/mol. The molecule has 2 rings (SSSR count). The van der Waals surface area contributed by atoms with Crippen LogP contribution in [-0.2, 0) is 4.74 Å². The minimum Gasteiger partial charge on any atom is -0.378 e. The van der Waals surface area contributed by atoms with Crippen LogP contribution in [0.2, 0.25) is 0 Å². The summed E-state index contributed by atoms with van der Waals surface area (Å²) in [6, 6.07) is 0. The topological polar surface area (TPSA) is 9.23 Å². The lowest BCUT2D eigenvalue weighted by molar-refractivity contribution is -0.0573. The summed E-state index contributed by atoms with van der Waals surface area (Å²) >= 11 is 0. The van der Waals surface area contributed by atoms with Crippen LogP contribution in [0, 0.1) is 17.3 Å². The van der Waals surface area contributed by atoms with Gasteiger partial charge in [-0.3, -0.25) is 0 Å². The summed E-state index contributed by atoms with van der Waals surface area (Å²) in [4.78, 5) is 0. The summed E-state index contributed by atoms with van der Waals surface area (Å²) in [5.41, 5.74) is 0.441. The molecule has 0 radical (unpaired) electrons. The molecule has 1 heteroatoms. The molecule has 1 saturated carbocycles. The molecule has 1 saturated heterocycles. The van der Waals surface area contributed by atoms with Gasteiger partial charge in [-0.1, -0.05) is 20.8 Å². The van der Waals surface area contributed by atoms with Gasteiger partial charge in [-0.2, -0.15) is 0 Å². The number of hydrogen-bond acceptors (Lipinski definition) is 1. The van der Waals surface area contributed by atoms with E-state index in [-0.39, 0.29) is 0 Å². The lowest BCUT2D eigenvalue weighted by Crippen LogP contribution is -2.36. The third-order valence-corrected chi connectivity index (χ3v) is 3.85. The Morgan fingerprint density at radius 2 is 1.85 bits per heavy atom. The molecule has 76 valence electrons. The van der Waals surface area contributed by atoms with Crippen molar-refractivity contribution in [3.63, 3.8) is 0 Å². The predicted octanol–water partition coefficient (Wildman–Crippen LogP) is 3.24. The monoisotopic (exact) mass is 182 g/mol. The maximum absolute atomic E-state index is 5.94. The molecular formula is C12H22O. The van der Waals surface area contributed by atoms with Gasteiger partial charge in [0.2, 0.25) is 0 Å². The van der Waals surface area contributed by atoms with Gasteiger partial charge < -0.3 is 4.74 Å². The SMILES string of the molecule is CC(C)(C)C1CCC2CCCOC21. The first-order chi connectivity index (χ1) is 6.09. The quantitative estimate of drug-likeness (QED) is 0.559. The van der Waals surface area contributed by atoms with E-state index in [9.17, 15) is 0 Å². The Morgan fingerprint density at radius 1 is 1.08 bits per heavy atom. The number of hydrogen-bond donors (Lipinski definition) is 0. The van der Waals surface area contributed by atoms with Gasteiger partial charge in [-0.05, 0) is 42.9 Å².